The van der Waals surface area contributed by atoms with Gasteiger partial charge in [0.25, 0.3) is 5.91 Å². The number of aliphatic hydroxyl groups is 2. The molecule has 0 unspecified atom stereocenters. The molecule has 1 fully saturated rings. The van der Waals surface area contributed by atoms with Crippen molar-refractivity contribution in [1.29, 1.82) is 0 Å². The maximum Gasteiger partial charge on any atom is 0.349 e. The van der Waals surface area contributed by atoms with Crippen LogP contribution in [0.1, 0.15) is 52.7 Å². The van der Waals surface area contributed by atoms with Crippen molar-refractivity contribution in [3.8, 4) is 17.2 Å². The van der Waals surface area contributed by atoms with Crippen LogP contribution in [0.15, 0.2) is 76.2 Å². The number of amides is 1. The first-order chi connectivity index (χ1) is 27.4. The largest absolute Gasteiger partial charge is 0.506 e. The molecule has 6 rings (SSSR count). The van der Waals surface area contributed by atoms with Crippen LogP contribution in [0.5, 0.6) is 17.2 Å². The first-order valence-electron chi connectivity index (χ1n) is 18.6. The summed E-state index contributed by atoms with van der Waals surface area (Å²) >= 11 is 9.21. The van der Waals surface area contributed by atoms with Gasteiger partial charge in [0.1, 0.15) is 23.4 Å². The van der Waals surface area contributed by atoms with Crippen molar-refractivity contribution < 1.29 is 48.5 Å². The van der Waals surface area contributed by atoms with Crippen LogP contribution in [-0.2, 0) is 26.5 Å². The van der Waals surface area contributed by atoms with Crippen LogP contribution < -0.4 is 20.3 Å². The topological polar surface area (TPSA) is 174 Å². The second-order valence-electron chi connectivity index (χ2n) is 14.1. The minimum Gasteiger partial charge on any atom is -0.506 e. The summed E-state index contributed by atoms with van der Waals surface area (Å²) in [6, 6.07) is 16.6. The third-order valence-corrected chi connectivity index (χ3v) is 12.7. The summed E-state index contributed by atoms with van der Waals surface area (Å²) in [5, 5.41) is 40.3. The highest BCUT2D eigenvalue weighted by atomic mass is 35.5. The van der Waals surface area contributed by atoms with E-state index in [0.717, 1.165) is 12.8 Å². The van der Waals surface area contributed by atoms with E-state index >= 15 is 0 Å². The number of nitrogens with one attached hydrogen (secondary N) is 2. The predicted octanol–water partition coefficient (Wildman–Crippen LogP) is 5.71. The number of carbonyl (C=O) groups is 2. The van der Waals surface area contributed by atoms with Gasteiger partial charge in [-0.25, -0.2) is 4.79 Å². The number of thiophene rings is 2. The van der Waals surface area contributed by atoms with E-state index in [1.54, 1.807) is 48.3 Å². The Morgan fingerprint density at radius 1 is 0.983 bits per heavy atom. The Morgan fingerprint density at radius 2 is 1.66 bits per heavy atom. The molecule has 3 aromatic heterocycles. The van der Waals surface area contributed by atoms with Gasteiger partial charge >= 0.3 is 5.97 Å². The SMILES string of the molecule is COc1cc(OCC(=O)N(C)CCN(C)[C@H]2CC[C@H](OC(=O)C(O)(c3cccs3)c3cccs3)CC2)c(Cl)cc1CNC[C@H](O)c1ccc(O)c2[nH]c(=O)ccc12.F.F. The first kappa shape index (κ1) is 47.1. The summed E-state index contributed by atoms with van der Waals surface area (Å²) in [6.07, 6.45) is 1.76. The van der Waals surface area contributed by atoms with Crippen molar-refractivity contribution in [2.45, 2.75) is 56.1 Å². The average molecular weight is 879 g/mol. The summed E-state index contributed by atoms with van der Waals surface area (Å²) < 4.78 is 17.3. The van der Waals surface area contributed by atoms with Gasteiger partial charge in [-0.3, -0.25) is 19.0 Å². The Balaban J connectivity index is 0.00000384. The van der Waals surface area contributed by atoms with Crippen molar-refractivity contribution >= 4 is 57.1 Å². The predicted molar refractivity (Wildman–Crippen MR) is 225 cm³/mol. The van der Waals surface area contributed by atoms with E-state index < -0.39 is 17.7 Å². The molecule has 320 valence electrons. The summed E-state index contributed by atoms with van der Waals surface area (Å²) in [4.78, 5) is 45.7. The number of halogens is 3. The number of benzene rings is 2. The number of H-pyrrole nitrogens is 1. The molecular weight excluding hydrogens is 830 g/mol. The van der Waals surface area contributed by atoms with Crippen molar-refractivity contribution in [1.82, 2.24) is 20.1 Å². The van der Waals surface area contributed by atoms with Crippen LogP contribution in [0.4, 0.5) is 9.41 Å². The lowest BCUT2D eigenvalue weighted by Crippen LogP contribution is -2.44. The van der Waals surface area contributed by atoms with E-state index in [1.165, 1.54) is 41.9 Å². The monoisotopic (exact) mass is 878 g/mol. The van der Waals surface area contributed by atoms with Crippen LogP contribution in [0.25, 0.3) is 10.9 Å². The molecule has 1 saturated carbocycles. The lowest BCUT2D eigenvalue weighted by Gasteiger charge is -2.36. The summed E-state index contributed by atoms with van der Waals surface area (Å²) in [7, 11) is 5.27. The zero-order chi connectivity index (χ0) is 40.7. The number of phenolic OH excluding ortho intramolecular Hbond substituents is 1. The number of methoxy groups -OCH3 is 1. The highest BCUT2D eigenvalue weighted by Crippen LogP contribution is 2.38. The lowest BCUT2D eigenvalue weighted by atomic mass is 9.91. The van der Waals surface area contributed by atoms with E-state index in [2.05, 4.69) is 15.2 Å². The Labute approximate surface area is 352 Å². The molecule has 0 spiro atoms. The number of fused-ring (bicyclic) bond motifs is 1. The maximum absolute atomic E-state index is 13.4. The molecule has 59 heavy (non-hydrogen) atoms. The summed E-state index contributed by atoms with van der Waals surface area (Å²) in [5.74, 6) is -0.171. The molecule has 1 aliphatic rings. The van der Waals surface area contributed by atoms with E-state index in [1.807, 2.05) is 29.9 Å². The molecule has 0 saturated heterocycles. The maximum atomic E-state index is 13.4. The Kier molecular flexibility index (Phi) is 16.8. The lowest BCUT2D eigenvalue weighted by molar-refractivity contribution is -0.169. The average Bonchev–Trinajstić information content (AvgIpc) is 3.96. The quantitative estimate of drug-likeness (QED) is 0.0725. The first-order valence-corrected chi connectivity index (χ1v) is 20.7. The van der Waals surface area contributed by atoms with Crippen LogP contribution in [-0.4, -0.2) is 102 Å². The molecule has 5 aromatic rings. The summed E-state index contributed by atoms with van der Waals surface area (Å²) in [5.41, 5.74) is -0.671. The Morgan fingerprint density at radius 3 is 2.29 bits per heavy atom. The molecule has 1 aliphatic carbocycles. The van der Waals surface area contributed by atoms with Gasteiger partial charge < -0.3 is 49.6 Å². The van der Waals surface area contributed by atoms with E-state index in [9.17, 15) is 29.7 Å². The molecule has 18 heteroatoms. The second kappa shape index (κ2) is 21.1. The second-order valence-corrected chi connectivity index (χ2v) is 16.4. The third kappa shape index (κ3) is 11.0. The number of likely N-dealkylation sites (N-methyl/N-ethyl adjacent to an activating group) is 2. The van der Waals surface area contributed by atoms with Crippen molar-refractivity contribution in [3.63, 3.8) is 0 Å². The number of aromatic amines is 1. The minimum atomic E-state index is -1.82. The Hall–Kier alpha value is -4.62. The standard InChI is InChI=1S/C41H47ClN4O9S2.2FH/c1-45(26-8-10-27(11-9-26)55-40(51)41(52,35-6-4-18-56-35)36-7-5-19-57-36)16-17-46(2)38(50)24-54-34-21-33(53-3)25(20-30(34)42)22-43-23-32(48)28-12-14-31(47)39-29(28)13-15-37(49)44-39;;/h4-7,12-15,18-21,26-27,32,43,47-48,52H,8-11,16-17,22-24H2,1-3H3,(H,44,49);2*1H/t26-,27-,32-;;/m0../s1. The number of nitrogens with zero attached hydrogens (tertiary/aromatic N) is 2. The number of carbonyl (C=O) groups excluding carboxylic acids is 2. The molecule has 0 radical (unpaired) electrons. The number of ether oxygens (including phenoxy) is 3. The van der Waals surface area contributed by atoms with Crippen molar-refractivity contribution in [2.75, 3.05) is 47.4 Å². The van der Waals surface area contributed by atoms with E-state index in [0.29, 0.717) is 75.3 Å². The zero-order valence-electron chi connectivity index (χ0n) is 32.7. The molecule has 5 N–H and O–H groups in total. The van der Waals surface area contributed by atoms with E-state index in [4.69, 9.17) is 25.8 Å². The number of aromatic hydroxyl groups is 1. The molecule has 1 atom stereocenters. The number of aromatic nitrogens is 1. The number of phenols is 1. The highest BCUT2D eigenvalue weighted by Gasteiger charge is 2.45. The van der Waals surface area contributed by atoms with Crippen LogP contribution in [0.2, 0.25) is 5.02 Å². The third-order valence-electron chi connectivity index (χ3n) is 10.4. The molecular formula is C41H49ClF2N4O9S2. The van der Waals surface area contributed by atoms with Gasteiger partial charge in [-0.2, -0.15) is 0 Å². The van der Waals surface area contributed by atoms with Crippen molar-refractivity contribution in [2.24, 2.45) is 0 Å². The fourth-order valence-corrected chi connectivity index (χ4v) is 8.97. The fraction of sp³-hybridized carbons (Fsp3) is 0.390. The molecule has 0 aliphatic heterocycles. The summed E-state index contributed by atoms with van der Waals surface area (Å²) in [6.45, 7) is 1.35. The van der Waals surface area contributed by atoms with Crippen molar-refractivity contribution in [3.05, 3.63) is 108 Å². The highest BCUT2D eigenvalue weighted by molar-refractivity contribution is 7.12. The minimum absolute atomic E-state index is 0. The number of aliphatic hydroxyl groups excluding tert-OH is 1. The number of esters is 1. The molecule has 13 nitrogen and oxygen atoms in total. The molecule has 3 heterocycles. The van der Waals surface area contributed by atoms with Gasteiger partial charge in [0.05, 0.1) is 33.5 Å². The van der Waals surface area contributed by atoms with Gasteiger partial charge in [0.15, 0.2) is 6.61 Å². The van der Waals surface area contributed by atoms with Crippen LogP contribution >= 0.6 is 34.3 Å². The van der Waals surface area contributed by atoms with Gasteiger partial charge in [0, 0.05) is 62.4 Å². The van der Waals surface area contributed by atoms with Gasteiger partial charge in [-0.05, 0) is 79.4 Å². The van der Waals surface area contributed by atoms with Crippen LogP contribution in [0.3, 0.4) is 0 Å². The number of pyridine rings is 1. The molecule has 2 aromatic carbocycles. The van der Waals surface area contributed by atoms with Gasteiger partial charge in [-0.1, -0.05) is 29.8 Å². The zero-order valence-corrected chi connectivity index (χ0v) is 35.1. The van der Waals surface area contributed by atoms with Gasteiger partial charge in [0.2, 0.25) is 11.2 Å². The fourth-order valence-electron chi connectivity index (χ4n) is 7.01. The smallest absolute Gasteiger partial charge is 0.349 e. The number of hydrogen-bond donors (Lipinski definition) is 5. The number of rotatable bonds is 17. The normalized spacial score (nSPS) is 15.8. The van der Waals surface area contributed by atoms with Crippen LogP contribution in [0, 0.1) is 0 Å². The molecule has 1 amide bonds. The van der Waals surface area contributed by atoms with E-state index in [-0.39, 0.29) is 57.4 Å². The number of hydrogen-bond acceptors (Lipinski definition) is 13. The molecule has 0 bridgehead atoms. The Bertz CT molecular complexity index is 2170. The van der Waals surface area contributed by atoms with Gasteiger partial charge in [-0.15, -0.1) is 22.7 Å².